The molecule has 188 valence electrons. The summed E-state index contributed by atoms with van der Waals surface area (Å²) in [6.45, 7) is 0.415. The number of benzene rings is 3. The van der Waals surface area contributed by atoms with Crippen LogP contribution in [-0.4, -0.2) is 42.7 Å². The number of nitrogens with zero attached hydrogens (tertiary/aromatic N) is 5. The number of thioether (sulfide) groups is 1. The lowest BCUT2D eigenvalue weighted by molar-refractivity contribution is -0.385. The molecule has 1 amide bonds. The van der Waals surface area contributed by atoms with E-state index >= 15 is 0 Å². The lowest BCUT2D eigenvalue weighted by Crippen LogP contribution is -2.20. The van der Waals surface area contributed by atoms with Gasteiger partial charge in [-0.25, -0.2) is 5.43 Å². The van der Waals surface area contributed by atoms with Crippen molar-refractivity contribution in [2.24, 2.45) is 5.10 Å². The van der Waals surface area contributed by atoms with Gasteiger partial charge in [-0.1, -0.05) is 59.8 Å². The van der Waals surface area contributed by atoms with E-state index in [1.54, 1.807) is 0 Å². The Labute approximate surface area is 220 Å². The third kappa shape index (κ3) is 6.63. The molecule has 0 radical (unpaired) electrons. The minimum Gasteiger partial charge on any atom is -0.502 e. The molecule has 1 aromatic heterocycles. The van der Waals surface area contributed by atoms with Crippen LogP contribution in [-0.2, 0) is 11.3 Å². The molecule has 0 aliphatic rings. The topological polar surface area (TPSA) is 148 Å². The largest absolute Gasteiger partial charge is 0.502 e. The first-order valence-electron chi connectivity index (χ1n) is 10.8. The van der Waals surface area contributed by atoms with Crippen LogP contribution in [0.1, 0.15) is 11.4 Å². The zero-order valence-corrected chi connectivity index (χ0v) is 20.7. The summed E-state index contributed by atoms with van der Waals surface area (Å²) in [6.07, 6.45) is 1.08. The van der Waals surface area contributed by atoms with Gasteiger partial charge < -0.3 is 10.4 Å². The zero-order valence-electron chi connectivity index (χ0n) is 19.1. The predicted octanol–water partition coefficient (Wildman–Crippen LogP) is 4.39. The van der Waals surface area contributed by atoms with E-state index in [9.17, 15) is 20.0 Å². The Morgan fingerprint density at radius 3 is 2.54 bits per heavy atom. The van der Waals surface area contributed by atoms with E-state index in [-0.39, 0.29) is 16.3 Å². The molecule has 3 aromatic carbocycles. The van der Waals surface area contributed by atoms with E-state index in [1.165, 1.54) is 17.8 Å². The summed E-state index contributed by atoms with van der Waals surface area (Å²) in [5.74, 6) is -0.428. The van der Waals surface area contributed by atoms with Gasteiger partial charge in [0.05, 0.1) is 23.4 Å². The average Bonchev–Trinajstić information content (AvgIpc) is 3.31. The standard InChI is InChI=1S/C24H20ClN7O4S/c25-17-11-16(23(34)20(12-17)32(35)36)13-27-29-22(33)15-37-24-30-28-21(14-26-18-7-3-1-4-8-18)31(24)19-9-5-2-6-10-19/h1-13,26,34H,14-15H2,(H,29,33)/b27-13+. The number of carbonyl (C=O) groups is 1. The van der Waals surface area contributed by atoms with E-state index in [1.807, 2.05) is 65.2 Å². The Morgan fingerprint density at radius 1 is 1.14 bits per heavy atom. The Morgan fingerprint density at radius 2 is 1.84 bits per heavy atom. The fraction of sp³-hybridized carbons (Fsp3) is 0.0833. The van der Waals surface area contributed by atoms with Crippen LogP contribution in [0.3, 0.4) is 0 Å². The van der Waals surface area contributed by atoms with E-state index in [2.05, 4.69) is 26.0 Å². The monoisotopic (exact) mass is 537 g/mol. The third-order valence-electron chi connectivity index (χ3n) is 4.95. The number of hydrogen-bond donors (Lipinski definition) is 3. The molecule has 0 saturated heterocycles. The van der Waals surface area contributed by atoms with Gasteiger partial charge in [-0.3, -0.25) is 19.5 Å². The van der Waals surface area contributed by atoms with Gasteiger partial charge in [-0.15, -0.1) is 10.2 Å². The summed E-state index contributed by atoms with van der Waals surface area (Å²) in [7, 11) is 0. The molecule has 13 heteroatoms. The van der Waals surface area contributed by atoms with E-state index < -0.39 is 22.3 Å². The molecule has 0 saturated carbocycles. The van der Waals surface area contributed by atoms with Crippen LogP contribution in [0.25, 0.3) is 5.69 Å². The highest BCUT2D eigenvalue weighted by Crippen LogP contribution is 2.32. The SMILES string of the molecule is O=C(CSc1nnc(CNc2ccccc2)n1-c1ccccc1)N/N=C/c1cc(Cl)cc([N+](=O)[O-])c1O. The number of rotatable bonds is 10. The molecule has 3 N–H and O–H groups in total. The number of para-hydroxylation sites is 2. The van der Waals surface area contributed by atoms with Crippen molar-refractivity contribution in [3.05, 3.63) is 99.3 Å². The summed E-state index contributed by atoms with van der Waals surface area (Å²) >= 11 is 7.03. The van der Waals surface area contributed by atoms with Crippen LogP contribution in [0.15, 0.2) is 83.1 Å². The van der Waals surface area contributed by atoms with Gasteiger partial charge in [-0.2, -0.15) is 5.10 Å². The number of anilines is 1. The Bertz CT molecular complexity index is 1430. The first-order valence-corrected chi connectivity index (χ1v) is 12.2. The van der Waals surface area contributed by atoms with E-state index in [4.69, 9.17) is 11.6 Å². The number of phenols is 1. The second kappa shape index (κ2) is 12.0. The number of nitro benzene ring substituents is 1. The molecular formula is C24H20ClN7O4S. The number of hydrogen-bond acceptors (Lipinski definition) is 9. The van der Waals surface area contributed by atoms with E-state index in [0.717, 1.165) is 23.7 Å². The first-order chi connectivity index (χ1) is 17.9. The van der Waals surface area contributed by atoms with Crippen LogP contribution in [0, 0.1) is 10.1 Å². The second-order valence-electron chi connectivity index (χ2n) is 7.49. The van der Waals surface area contributed by atoms with Gasteiger partial charge in [0.25, 0.3) is 5.91 Å². The van der Waals surface area contributed by atoms with Crippen LogP contribution in [0.2, 0.25) is 5.02 Å². The minimum atomic E-state index is -0.764. The molecule has 4 aromatic rings. The highest BCUT2D eigenvalue weighted by molar-refractivity contribution is 7.99. The number of nitro groups is 1. The van der Waals surface area contributed by atoms with E-state index in [0.29, 0.717) is 17.5 Å². The summed E-state index contributed by atoms with van der Waals surface area (Å²) in [4.78, 5) is 22.6. The number of aromatic hydroxyl groups is 1. The van der Waals surface area contributed by atoms with Crippen molar-refractivity contribution in [1.82, 2.24) is 20.2 Å². The molecule has 0 bridgehead atoms. The maximum Gasteiger partial charge on any atom is 0.312 e. The fourth-order valence-electron chi connectivity index (χ4n) is 3.26. The predicted molar refractivity (Wildman–Crippen MR) is 141 cm³/mol. The lowest BCUT2D eigenvalue weighted by Gasteiger charge is -2.11. The summed E-state index contributed by atoms with van der Waals surface area (Å²) in [5, 5.41) is 37.3. The van der Waals surface area contributed by atoms with Gasteiger partial charge in [0.15, 0.2) is 11.0 Å². The Hall–Kier alpha value is -4.42. The number of hydrazone groups is 1. The first kappa shape index (κ1) is 25.7. The second-order valence-corrected chi connectivity index (χ2v) is 8.87. The van der Waals surface area contributed by atoms with Crippen molar-refractivity contribution in [2.75, 3.05) is 11.1 Å². The summed E-state index contributed by atoms with van der Waals surface area (Å²) in [6, 6.07) is 21.5. The highest BCUT2D eigenvalue weighted by atomic mass is 35.5. The Balaban J connectivity index is 1.43. The normalized spacial score (nSPS) is 10.9. The van der Waals surface area contributed by atoms with Gasteiger partial charge in [0.2, 0.25) is 5.75 Å². The number of halogens is 1. The molecular weight excluding hydrogens is 518 g/mol. The number of phenolic OH excluding ortho intramolecular Hbond substituents is 1. The molecule has 0 aliphatic heterocycles. The van der Waals surface area contributed by atoms with Gasteiger partial charge in [0.1, 0.15) is 0 Å². The van der Waals surface area contributed by atoms with Gasteiger partial charge in [0, 0.05) is 28.0 Å². The molecule has 37 heavy (non-hydrogen) atoms. The molecule has 4 rings (SSSR count). The molecule has 0 fully saturated rings. The maximum absolute atomic E-state index is 12.4. The number of carbonyl (C=O) groups excluding carboxylic acids is 1. The maximum atomic E-state index is 12.4. The lowest BCUT2D eigenvalue weighted by atomic mass is 10.2. The van der Waals surface area contributed by atoms with Gasteiger partial charge >= 0.3 is 5.69 Å². The zero-order chi connectivity index (χ0) is 26.2. The highest BCUT2D eigenvalue weighted by Gasteiger charge is 2.18. The van der Waals surface area contributed by atoms with Crippen molar-refractivity contribution in [2.45, 2.75) is 11.7 Å². The van der Waals surface area contributed by atoms with Crippen LogP contribution >= 0.6 is 23.4 Å². The molecule has 0 atom stereocenters. The summed E-state index contributed by atoms with van der Waals surface area (Å²) < 4.78 is 1.86. The van der Waals surface area contributed by atoms with Crippen molar-refractivity contribution < 1.29 is 14.8 Å². The smallest absolute Gasteiger partial charge is 0.312 e. The number of aromatic nitrogens is 3. The van der Waals surface area contributed by atoms with Crippen molar-refractivity contribution in [3.63, 3.8) is 0 Å². The molecule has 11 nitrogen and oxygen atoms in total. The van der Waals surface area contributed by atoms with Crippen LogP contribution < -0.4 is 10.7 Å². The molecule has 0 aliphatic carbocycles. The van der Waals surface area contributed by atoms with Crippen molar-refractivity contribution >= 4 is 46.9 Å². The number of nitrogens with one attached hydrogen (secondary N) is 2. The minimum absolute atomic E-state index is 0.00784. The van der Waals surface area contributed by atoms with Gasteiger partial charge in [-0.05, 0) is 30.3 Å². The van der Waals surface area contributed by atoms with Crippen molar-refractivity contribution in [1.29, 1.82) is 0 Å². The Kier molecular flexibility index (Phi) is 8.33. The molecule has 1 heterocycles. The van der Waals surface area contributed by atoms with Crippen LogP contribution in [0.5, 0.6) is 5.75 Å². The molecule has 0 spiro atoms. The number of amides is 1. The van der Waals surface area contributed by atoms with Crippen LogP contribution in [0.4, 0.5) is 11.4 Å². The molecule has 0 unspecified atom stereocenters. The quantitative estimate of drug-likeness (QED) is 0.117. The third-order valence-corrected chi connectivity index (χ3v) is 6.09. The summed E-state index contributed by atoms with van der Waals surface area (Å²) in [5.41, 5.74) is 3.54. The van der Waals surface area contributed by atoms with Crippen molar-refractivity contribution in [3.8, 4) is 11.4 Å². The average molecular weight is 538 g/mol. The fourth-order valence-corrected chi connectivity index (χ4v) is 4.25.